The second-order valence-corrected chi connectivity index (χ2v) is 13.9. The van der Waals surface area contributed by atoms with E-state index in [4.69, 9.17) is 9.47 Å². The van der Waals surface area contributed by atoms with Gasteiger partial charge in [-0.25, -0.2) is 34.9 Å². The molecule has 0 amide bonds. The van der Waals surface area contributed by atoms with Crippen LogP contribution >= 0.6 is 0 Å². The van der Waals surface area contributed by atoms with Crippen LogP contribution in [0.5, 0.6) is 11.8 Å². The molecule has 6 rings (SSSR count). The zero-order chi connectivity index (χ0) is 40.0. The lowest BCUT2D eigenvalue weighted by atomic mass is 10.1. The molecule has 6 heterocycles. The Hall–Kier alpha value is -4.95. The molecule has 0 spiro atoms. The molecule has 0 unspecified atom stereocenters. The first-order chi connectivity index (χ1) is 24.3. The smallest absolute Gasteiger partial charge is 0.246 e. The van der Waals surface area contributed by atoms with Crippen LogP contribution < -0.4 is 14.8 Å². The molecule has 0 aliphatic heterocycles. The molecule has 0 bridgehead atoms. The van der Waals surface area contributed by atoms with E-state index < -0.39 is 0 Å². The summed E-state index contributed by atoms with van der Waals surface area (Å²) in [4.78, 5) is 38.0. The first kappa shape index (κ1) is 48.0. The molecule has 0 saturated carbocycles. The molecule has 0 radical (unpaired) electrons. The Morgan fingerprint density at radius 2 is 0.906 bits per heavy atom. The van der Waals surface area contributed by atoms with Crippen molar-refractivity contribution in [1.29, 1.82) is 0 Å². The number of fused-ring (bicyclic) bond motifs is 3. The number of anilines is 1. The summed E-state index contributed by atoms with van der Waals surface area (Å²) in [5, 5.41) is 3.31. The highest BCUT2D eigenvalue weighted by Gasteiger charge is 2.19. The van der Waals surface area contributed by atoms with E-state index >= 15 is 0 Å². The molecule has 0 aliphatic rings. The van der Waals surface area contributed by atoms with Crippen molar-refractivity contribution in [3.05, 3.63) is 37.5 Å². The van der Waals surface area contributed by atoms with Crippen molar-refractivity contribution in [2.75, 3.05) is 5.32 Å². The number of nitrogens with zero attached hydrogens (tertiary/aromatic N) is 12. The van der Waals surface area contributed by atoms with E-state index in [1.807, 2.05) is 125 Å². The molecule has 0 aliphatic carbocycles. The molecule has 0 aromatic carbocycles. The van der Waals surface area contributed by atoms with E-state index in [-0.39, 0.29) is 24.2 Å². The highest BCUT2D eigenvalue weighted by Crippen LogP contribution is 2.25. The van der Waals surface area contributed by atoms with Crippen LogP contribution in [0.3, 0.4) is 0 Å². The quantitative estimate of drug-likeness (QED) is 0.184. The van der Waals surface area contributed by atoms with Gasteiger partial charge in [-0.1, -0.05) is 49.0 Å². The van der Waals surface area contributed by atoms with Gasteiger partial charge in [-0.05, 0) is 69.2 Å². The van der Waals surface area contributed by atoms with Crippen LogP contribution in [-0.4, -0.2) is 75.3 Å². The van der Waals surface area contributed by atoms with Crippen molar-refractivity contribution >= 4 is 39.3 Å². The number of rotatable bonds is 3. The molecule has 296 valence electrons. The fourth-order valence-electron chi connectivity index (χ4n) is 4.13. The first-order valence-corrected chi connectivity index (χ1v) is 17.9. The van der Waals surface area contributed by atoms with Gasteiger partial charge >= 0.3 is 0 Å². The number of ether oxygens (including phenoxy) is 2. The third kappa shape index (κ3) is 14.5. The minimum absolute atomic E-state index is 0. The Bertz CT molecular complexity index is 1850. The lowest BCUT2D eigenvalue weighted by Gasteiger charge is -2.21. The van der Waals surface area contributed by atoms with Crippen LogP contribution in [0.15, 0.2) is 31.6 Å². The van der Waals surface area contributed by atoms with Gasteiger partial charge in [0.15, 0.2) is 33.8 Å². The summed E-state index contributed by atoms with van der Waals surface area (Å²) in [6.07, 6.45) is 8.21. The zero-order valence-electron chi connectivity index (χ0n) is 35.1. The van der Waals surface area contributed by atoms with Gasteiger partial charge in [-0.3, -0.25) is 0 Å². The van der Waals surface area contributed by atoms with Gasteiger partial charge in [0.1, 0.15) is 35.2 Å². The maximum atomic E-state index is 5.78. The molecule has 1 N–H and O–H groups in total. The van der Waals surface area contributed by atoms with Gasteiger partial charge in [0.25, 0.3) is 0 Å². The van der Waals surface area contributed by atoms with E-state index in [1.54, 1.807) is 25.3 Å². The van der Waals surface area contributed by atoms with Gasteiger partial charge in [-0.15, -0.1) is 0 Å². The topological polar surface area (TPSA) is 161 Å². The normalized spacial score (nSPS) is 10.8. The summed E-state index contributed by atoms with van der Waals surface area (Å²) in [5.41, 5.74) is 4.06. The minimum atomic E-state index is -0.286. The van der Waals surface area contributed by atoms with E-state index in [9.17, 15) is 0 Å². The van der Waals surface area contributed by atoms with Gasteiger partial charge in [0.2, 0.25) is 11.8 Å². The Morgan fingerprint density at radius 1 is 0.509 bits per heavy atom. The molecular weight excluding hydrogens is 671 g/mol. The predicted octanol–water partition coefficient (Wildman–Crippen LogP) is 8.68. The van der Waals surface area contributed by atoms with Crippen LogP contribution in [0.25, 0.3) is 33.5 Å². The lowest BCUT2D eigenvalue weighted by Crippen LogP contribution is -2.26. The SMILES string of the molecule is C.CC.CC.CC.Cc1nc(OC(C)(C)C)c2ncn(C)c2n1.Cn1cnc2c(NC(C)(C)C)ncnc21.Cn1cnc2c(OC(C)(C)C)ncnc21. The van der Waals surface area contributed by atoms with Crippen molar-refractivity contribution in [1.82, 2.24) is 58.6 Å². The minimum Gasteiger partial charge on any atom is -0.470 e. The molecule has 15 heteroatoms. The number of aryl methyl sites for hydroxylation is 4. The number of imidazole rings is 3. The Kier molecular flexibility index (Phi) is 19.0. The monoisotopic (exact) mass is 738 g/mol. The average molecular weight is 738 g/mol. The number of nitrogens with one attached hydrogen (secondary N) is 1. The molecule has 6 aromatic heterocycles. The first-order valence-electron chi connectivity index (χ1n) is 17.9. The van der Waals surface area contributed by atoms with Gasteiger partial charge in [0.05, 0.1) is 19.0 Å². The maximum absolute atomic E-state index is 5.78. The third-order valence-corrected chi connectivity index (χ3v) is 5.90. The molecule has 0 saturated heterocycles. The van der Waals surface area contributed by atoms with E-state index in [1.165, 1.54) is 6.33 Å². The van der Waals surface area contributed by atoms with Crippen molar-refractivity contribution < 1.29 is 9.47 Å². The molecule has 0 fully saturated rings. The summed E-state index contributed by atoms with van der Waals surface area (Å²) < 4.78 is 17.1. The fraction of sp³-hybridized carbons (Fsp3) is 0.605. The van der Waals surface area contributed by atoms with Crippen molar-refractivity contribution in [2.24, 2.45) is 21.1 Å². The van der Waals surface area contributed by atoms with E-state index in [0.717, 1.165) is 28.3 Å². The zero-order valence-corrected chi connectivity index (χ0v) is 35.1. The fourth-order valence-corrected chi connectivity index (χ4v) is 4.13. The van der Waals surface area contributed by atoms with Crippen molar-refractivity contribution in [3.63, 3.8) is 0 Å². The van der Waals surface area contributed by atoms with Crippen molar-refractivity contribution in [2.45, 2.75) is 135 Å². The third-order valence-electron chi connectivity index (χ3n) is 5.90. The second-order valence-electron chi connectivity index (χ2n) is 13.9. The summed E-state index contributed by atoms with van der Waals surface area (Å²) in [6.45, 7) is 32.0. The average Bonchev–Trinajstić information content (AvgIpc) is 3.76. The van der Waals surface area contributed by atoms with Crippen molar-refractivity contribution in [3.8, 4) is 11.8 Å². The molecule has 53 heavy (non-hydrogen) atoms. The van der Waals surface area contributed by atoms with Crippen LogP contribution in [0, 0.1) is 6.92 Å². The standard InChI is InChI=1S/C11H16N4O.C10H15N5.C10H14N4O.3C2H6.CH4/c1-7-13-9-8(12-6-15(9)5)10(14-7)16-11(2,3)4;1-10(2,3)14-8-7-9(12-5-11-8)15(4)6-13-7;1-10(2,3)15-9-7-8(11-5-12-9)14(4)6-13-7;3*1-2;/h6H,1-5H3;5-6H,1-4H3,(H,11,12,14);5-6H,1-4H3;3*1-2H3;1H4. The summed E-state index contributed by atoms with van der Waals surface area (Å²) in [6, 6.07) is 0. The van der Waals surface area contributed by atoms with Crippen LogP contribution in [0.2, 0.25) is 0 Å². The summed E-state index contributed by atoms with van der Waals surface area (Å²) >= 11 is 0. The van der Waals surface area contributed by atoms with Gasteiger partial charge in [-0.2, -0.15) is 9.97 Å². The molecule has 0 atom stereocenters. The Labute approximate surface area is 317 Å². The largest absolute Gasteiger partial charge is 0.470 e. The van der Waals surface area contributed by atoms with E-state index in [0.29, 0.717) is 28.6 Å². The van der Waals surface area contributed by atoms with Crippen LogP contribution in [-0.2, 0) is 21.1 Å². The molecule has 15 nitrogen and oxygen atoms in total. The predicted molar refractivity (Wildman–Crippen MR) is 219 cm³/mol. The number of hydrogen-bond acceptors (Lipinski definition) is 12. The summed E-state index contributed by atoms with van der Waals surface area (Å²) in [5.74, 6) is 2.56. The Morgan fingerprint density at radius 3 is 1.38 bits per heavy atom. The molecule has 6 aromatic rings. The van der Waals surface area contributed by atoms with Crippen LogP contribution in [0.4, 0.5) is 5.82 Å². The lowest BCUT2D eigenvalue weighted by molar-refractivity contribution is 0.125. The van der Waals surface area contributed by atoms with Gasteiger partial charge < -0.3 is 28.5 Å². The number of aromatic nitrogens is 12. The highest BCUT2D eigenvalue weighted by atomic mass is 16.5. The summed E-state index contributed by atoms with van der Waals surface area (Å²) in [7, 11) is 5.72. The highest BCUT2D eigenvalue weighted by molar-refractivity contribution is 5.82. The second kappa shape index (κ2) is 20.9. The molecular formula is C38H67N13O2. The maximum Gasteiger partial charge on any atom is 0.246 e. The van der Waals surface area contributed by atoms with E-state index in [2.05, 4.69) is 70.9 Å². The van der Waals surface area contributed by atoms with Gasteiger partial charge in [0, 0.05) is 26.7 Å². The van der Waals surface area contributed by atoms with Crippen LogP contribution in [0.1, 0.15) is 117 Å². The Balaban J connectivity index is 0.000000707. The number of hydrogen-bond donors (Lipinski definition) is 1.